The molecule has 0 spiro atoms. The van der Waals surface area contributed by atoms with Crippen LogP contribution in [0, 0.1) is 11.3 Å². The van der Waals surface area contributed by atoms with Crippen molar-refractivity contribution < 1.29 is 0 Å². The Morgan fingerprint density at radius 3 is 2.68 bits per heavy atom. The van der Waals surface area contributed by atoms with Gasteiger partial charge in [-0.3, -0.25) is 4.98 Å². The fraction of sp³-hybridized carbons (Fsp3) is 0.214. The van der Waals surface area contributed by atoms with Crippen molar-refractivity contribution in [2.45, 2.75) is 6.54 Å². The number of nitrogens with zero attached hydrogens (tertiary/aromatic N) is 4. The Balaban J connectivity index is 2.16. The van der Waals surface area contributed by atoms with Crippen LogP contribution in [-0.2, 0) is 6.54 Å². The van der Waals surface area contributed by atoms with E-state index in [1.54, 1.807) is 19.4 Å². The van der Waals surface area contributed by atoms with E-state index in [1.807, 2.05) is 36.2 Å². The molecule has 0 aliphatic heterocycles. The molecule has 2 aromatic rings. The Morgan fingerprint density at radius 1 is 1.26 bits per heavy atom. The fourth-order valence-corrected chi connectivity index (χ4v) is 1.79. The van der Waals surface area contributed by atoms with Crippen LogP contribution < -0.4 is 10.2 Å². The zero-order chi connectivity index (χ0) is 13.7. The van der Waals surface area contributed by atoms with Crippen LogP contribution in [0.3, 0.4) is 0 Å². The molecule has 0 atom stereocenters. The smallest absolute Gasteiger partial charge is 0.144 e. The summed E-state index contributed by atoms with van der Waals surface area (Å²) in [6.07, 6.45) is 3.43. The molecule has 0 aliphatic rings. The standard InChI is InChI=1S/C14H15N5/c1-16-14-9-17-12(8-18-14)10-19(2)13-6-4-3-5-11(13)7-15/h3-6,8-9H,10H2,1-2H3,(H,16,18). The Morgan fingerprint density at radius 2 is 2.05 bits per heavy atom. The van der Waals surface area contributed by atoms with Crippen molar-refractivity contribution in [1.82, 2.24) is 9.97 Å². The van der Waals surface area contributed by atoms with Gasteiger partial charge in [-0.05, 0) is 12.1 Å². The Kier molecular flexibility index (Phi) is 3.94. The summed E-state index contributed by atoms with van der Waals surface area (Å²) in [4.78, 5) is 10.5. The number of para-hydroxylation sites is 1. The number of nitrogens with one attached hydrogen (secondary N) is 1. The highest BCUT2D eigenvalue weighted by molar-refractivity contribution is 5.58. The molecule has 5 nitrogen and oxygen atoms in total. The lowest BCUT2D eigenvalue weighted by atomic mass is 10.2. The van der Waals surface area contributed by atoms with Crippen molar-refractivity contribution in [3.63, 3.8) is 0 Å². The second-order valence-corrected chi connectivity index (χ2v) is 4.13. The number of aromatic nitrogens is 2. The zero-order valence-electron chi connectivity index (χ0n) is 11.0. The van der Waals surface area contributed by atoms with E-state index in [2.05, 4.69) is 21.4 Å². The van der Waals surface area contributed by atoms with Gasteiger partial charge in [0.2, 0.25) is 0 Å². The molecule has 5 heteroatoms. The highest BCUT2D eigenvalue weighted by Crippen LogP contribution is 2.19. The van der Waals surface area contributed by atoms with Crippen LogP contribution in [0.1, 0.15) is 11.3 Å². The number of benzene rings is 1. The molecule has 19 heavy (non-hydrogen) atoms. The third-order valence-electron chi connectivity index (χ3n) is 2.80. The fourth-order valence-electron chi connectivity index (χ4n) is 1.79. The predicted octanol–water partition coefficient (Wildman–Crippen LogP) is 2.03. The first-order valence-electron chi connectivity index (χ1n) is 5.93. The quantitative estimate of drug-likeness (QED) is 0.903. The monoisotopic (exact) mass is 253 g/mol. The van der Waals surface area contributed by atoms with Gasteiger partial charge in [-0.2, -0.15) is 5.26 Å². The van der Waals surface area contributed by atoms with E-state index in [0.29, 0.717) is 12.1 Å². The topological polar surface area (TPSA) is 64.8 Å². The van der Waals surface area contributed by atoms with E-state index in [-0.39, 0.29) is 0 Å². The largest absolute Gasteiger partial charge is 0.372 e. The van der Waals surface area contributed by atoms with Gasteiger partial charge in [-0.1, -0.05) is 12.1 Å². The van der Waals surface area contributed by atoms with Crippen LogP contribution in [0.25, 0.3) is 0 Å². The molecule has 0 fully saturated rings. The summed E-state index contributed by atoms with van der Waals surface area (Å²) in [6, 6.07) is 9.70. The minimum atomic E-state index is 0.607. The van der Waals surface area contributed by atoms with E-state index in [4.69, 9.17) is 5.26 Å². The molecular weight excluding hydrogens is 238 g/mol. The highest BCUT2D eigenvalue weighted by Gasteiger charge is 2.08. The summed E-state index contributed by atoms with van der Waals surface area (Å²) >= 11 is 0. The average molecular weight is 253 g/mol. The van der Waals surface area contributed by atoms with Crippen molar-refractivity contribution in [3.05, 3.63) is 47.9 Å². The van der Waals surface area contributed by atoms with Crippen molar-refractivity contribution in [1.29, 1.82) is 5.26 Å². The summed E-state index contributed by atoms with van der Waals surface area (Å²) in [5.41, 5.74) is 2.41. The van der Waals surface area contributed by atoms with Crippen LogP contribution in [-0.4, -0.2) is 24.1 Å². The molecule has 1 aromatic heterocycles. The van der Waals surface area contributed by atoms with Gasteiger partial charge in [0.25, 0.3) is 0 Å². The van der Waals surface area contributed by atoms with Crippen LogP contribution in [0.4, 0.5) is 11.5 Å². The molecule has 1 aromatic carbocycles. The molecule has 1 N–H and O–H groups in total. The number of anilines is 2. The summed E-state index contributed by atoms with van der Waals surface area (Å²) < 4.78 is 0. The van der Waals surface area contributed by atoms with Crippen LogP contribution in [0.5, 0.6) is 0 Å². The first kappa shape index (κ1) is 12.8. The molecule has 2 rings (SSSR count). The van der Waals surface area contributed by atoms with E-state index < -0.39 is 0 Å². The predicted molar refractivity (Wildman–Crippen MR) is 74.8 cm³/mol. The van der Waals surface area contributed by atoms with E-state index in [1.165, 1.54) is 0 Å². The van der Waals surface area contributed by atoms with E-state index >= 15 is 0 Å². The lowest BCUT2D eigenvalue weighted by Gasteiger charge is -2.19. The van der Waals surface area contributed by atoms with Crippen molar-refractivity contribution in [2.75, 3.05) is 24.3 Å². The molecule has 0 saturated heterocycles. The number of nitriles is 1. The van der Waals surface area contributed by atoms with Crippen molar-refractivity contribution in [3.8, 4) is 6.07 Å². The molecule has 0 unspecified atom stereocenters. The van der Waals surface area contributed by atoms with Gasteiger partial charge in [0.15, 0.2) is 0 Å². The van der Waals surface area contributed by atoms with Gasteiger partial charge in [-0.15, -0.1) is 0 Å². The molecule has 0 saturated carbocycles. The highest BCUT2D eigenvalue weighted by atomic mass is 15.1. The Labute approximate surface area is 112 Å². The molecule has 0 bridgehead atoms. The van der Waals surface area contributed by atoms with Gasteiger partial charge in [0.05, 0.1) is 35.9 Å². The normalized spacial score (nSPS) is 9.74. The van der Waals surface area contributed by atoms with Gasteiger partial charge in [-0.25, -0.2) is 4.98 Å². The van der Waals surface area contributed by atoms with Gasteiger partial charge < -0.3 is 10.2 Å². The first-order chi connectivity index (χ1) is 9.24. The minimum absolute atomic E-state index is 0.607. The molecule has 0 aliphatic carbocycles. The van der Waals surface area contributed by atoms with Gasteiger partial charge >= 0.3 is 0 Å². The number of rotatable bonds is 4. The summed E-state index contributed by atoms with van der Waals surface area (Å²) in [6.45, 7) is 0.607. The molecule has 96 valence electrons. The van der Waals surface area contributed by atoms with E-state index in [0.717, 1.165) is 17.2 Å². The third-order valence-corrected chi connectivity index (χ3v) is 2.80. The maximum absolute atomic E-state index is 9.09. The lowest BCUT2D eigenvalue weighted by Crippen LogP contribution is -2.18. The summed E-state index contributed by atoms with van der Waals surface area (Å²) in [7, 11) is 3.74. The maximum Gasteiger partial charge on any atom is 0.144 e. The summed E-state index contributed by atoms with van der Waals surface area (Å²) in [5, 5.41) is 12.0. The second kappa shape index (κ2) is 5.83. The third kappa shape index (κ3) is 2.99. The van der Waals surface area contributed by atoms with Crippen LogP contribution in [0.15, 0.2) is 36.7 Å². The summed E-state index contributed by atoms with van der Waals surface area (Å²) in [5.74, 6) is 0.740. The van der Waals surface area contributed by atoms with Crippen LogP contribution >= 0.6 is 0 Å². The van der Waals surface area contributed by atoms with E-state index in [9.17, 15) is 0 Å². The first-order valence-corrected chi connectivity index (χ1v) is 5.93. The SMILES string of the molecule is CNc1cnc(CN(C)c2ccccc2C#N)cn1. The average Bonchev–Trinajstić information content (AvgIpc) is 2.48. The molecule has 0 radical (unpaired) electrons. The van der Waals surface area contributed by atoms with Crippen molar-refractivity contribution >= 4 is 11.5 Å². The number of hydrogen-bond acceptors (Lipinski definition) is 5. The zero-order valence-corrected chi connectivity index (χ0v) is 11.0. The minimum Gasteiger partial charge on any atom is -0.372 e. The second-order valence-electron chi connectivity index (χ2n) is 4.13. The van der Waals surface area contributed by atoms with Crippen LogP contribution in [0.2, 0.25) is 0 Å². The lowest BCUT2D eigenvalue weighted by molar-refractivity contribution is 0.872. The molecule has 1 heterocycles. The Hall–Kier alpha value is -2.61. The molecule has 0 amide bonds. The maximum atomic E-state index is 9.09. The molecular formula is C14H15N5. The number of hydrogen-bond donors (Lipinski definition) is 1. The van der Waals surface area contributed by atoms with Crippen molar-refractivity contribution in [2.24, 2.45) is 0 Å². The van der Waals surface area contributed by atoms with Gasteiger partial charge in [0, 0.05) is 14.1 Å². The van der Waals surface area contributed by atoms with Gasteiger partial charge in [0.1, 0.15) is 11.9 Å². The Bertz CT molecular complexity index is 586.